The van der Waals surface area contributed by atoms with Crippen LogP contribution in [0, 0.1) is 0 Å². The van der Waals surface area contributed by atoms with Gasteiger partial charge in [-0.25, -0.2) is 0 Å². The highest BCUT2D eigenvalue weighted by atomic mass is 35.5. The second-order valence-corrected chi connectivity index (χ2v) is 4.08. The number of hydrogen-bond donors (Lipinski definition) is 0. The molecule has 0 N–H and O–H groups in total. The third-order valence-electron chi connectivity index (χ3n) is 2.45. The quantitative estimate of drug-likeness (QED) is 0.837. The van der Waals surface area contributed by atoms with Crippen molar-refractivity contribution in [3.8, 4) is 5.75 Å². The zero-order chi connectivity index (χ0) is 12.3. The summed E-state index contributed by atoms with van der Waals surface area (Å²) in [5.74, 6) is 0.342. The van der Waals surface area contributed by atoms with E-state index in [-0.39, 0.29) is 5.56 Å². The molecule has 2 aromatic rings. The van der Waals surface area contributed by atoms with Gasteiger partial charge in [0.25, 0.3) is 5.56 Å². The Balaban J connectivity index is 2.34. The van der Waals surface area contributed by atoms with Gasteiger partial charge in [-0.2, -0.15) is 0 Å². The van der Waals surface area contributed by atoms with Crippen molar-refractivity contribution in [1.82, 2.24) is 4.57 Å². The first-order valence-electron chi connectivity index (χ1n) is 5.18. The summed E-state index contributed by atoms with van der Waals surface area (Å²) in [5.41, 5.74) is 0.836. The maximum atomic E-state index is 11.9. The van der Waals surface area contributed by atoms with Gasteiger partial charge in [0.15, 0.2) is 5.75 Å². The molecule has 88 valence electrons. The highest BCUT2D eigenvalue weighted by Gasteiger charge is 2.03. The molecule has 0 saturated carbocycles. The molecule has 0 atom stereocenters. The van der Waals surface area contributed by atoms with E-state index in [1.54, 1.807) is 29.0 Å². The molecule has 1 aromatic heterocycles. The molecular formula is C13H12ClNO2. The molecule has 0 amide bonds. The van der Waals surface area contributed by atoms with E-state index in [0.29, 0.717) is 17.3 Å². The first kappa shape index (κ1) is 11.7. The van der Waals surface area contributed by atoms with Gasteiger partial charge in [0.1, 0.15) is 0 Å². The number of methoxy groups -OCH3 is 1. The van der Waals surface area contributed by atoms with E-state index in [4.69, 9.17) is 16.3 Å². The highest BCUT2D eigenvalue weighted by Crippen LogP contribution is 2.11. The Morgan fingerprint density at radius 3 is 2.82 bits per heavy atom. The summed E-state index contributed by atoms with van der Waals surface area (Å²) < 4.78 is 6.58. The molecule has 1 heterocycles. The Hall–Kier alpha value is -1.74. The standard InChI is InChI=1S/C13H12ClNO2/c1-17-12-6-3-7-15(13(12)16)9-10-4-2-5-11(14)8-10/h2-8H,9H2,1H3. The van der Waals surface area contributed by atoms with E-state index in [1.165, 1.54) is 7.11 Å². The van der Waals surface area contributed by atoms with E-state index in [0.717, 1.165) is 5.56 Å². The van der Waals surface area contributed by atoms with Crippen molar-refractivity contribution >= 4 is 11.6 Å². The van der Waals surface area contributed by atoms with Crippen LogP contribution in [-0.4, -0.2) is 11.7 Å². The molecule has 2 rings (SSSR count). The van der Waals surface area contributed by atoms with Gasteiger partial charge >= 0.3 is 0 Å². The molecule has 0 unspecified atom stereocenters. The lowest BCUT2D eigenvalue weighted by Crippen LogP contribution is -2.20. The number of hydrogen-bond acceptors (Lipinski definition) is 2. The van der Waals surface area contributed by atoms with Crippen molar-refractivity contribution in [2.75, 3.05) is 7.11 Å². The van der Waals surface area contributed by atoms with Gasteiger partial charge in [-0.1, -0.05) is 23.7 Å². The van der Waals surface area contributed by atoms with E-state index in [2.05, 4.69) is 0 Å². The first-order chi connectivity index (χ1) is 8.20. The Bertz CT molecular complexity index is 578. The molecule has 17 heavy (non-hydrogen) atoms. The number of pyridine rings is 1. The molecule has 0 radical (unpaired) electrons. The summed E-state index contributed by atoms with van der Waals surface area (Å²) >= 11 is 5.90. The summed E-state index contributed by atoms with van der Waals surface area (Å²) in [6, 6.07) is 10.9. The normalized spacial score (nSPS) is 10.2. The van der Waals surface area contributed by atoms with Crippen LogP contribution < -0.4 is 10.3 Å². The zero-order valence-corrected chi connectivity index (χ0v) is 10.1. The van der Waals surface area contributed by atoms with E-state index in [9.17, 15) is 4.79 Å². The van der Waals surface area contributed by atoms with Gasteiger partial charge in [0.05, 0.1) is 13.7 Å². The van der Waals surface area contributed by atoms with E-state index in [1.807, 2.05) is 18.2 Å². The van der Waals surface area contributed by atoms with Crippen LogP contribution in [0.4, 0.5) is 0 Å². The van der Waals surface area contributed by atoms with Gasteiger partial charge in [-0.15, -0.1) is 0 Å². The predicted molar refractivity (Wildman–Crippen MR) is 67.8 cm³/mol. The number of ether oxygens (including phenoxy) is 1. The summed E-state index contributed by atoms with van der Waals surface area (Å²) in [4.78, 5) is 11.9. The van der Waals surface area contributed by atoms with Crippen molar-refractivity contribution < 1.29 is 4.74 Å². The van der Waals surface area contributed by atoms with Crippen LogP contribution in [0.2, 0.25) is 5.02 Å². The molecule has 0 bridgehead atoms. The molecule has 0 fully saturated rings. The third kappa shape index (κ3) is 2.68. The maximum Gasteiger partial charge on any atom is 0.293 e. The van der Waals surface area contributed by atoms with Gasteiger partial charge in [0, 0.05) is 11.2 Å². The van der Waals surface area contributed by atoms with Crippen molar-refractivity contribution in [2.45, 2.75) is 6.54 Å². The topological polar surface area (TPSA) is 31.2 Å². The molecule has 0 spiro atoms. The smallest absolute Gasteiger partial charge is 0.293 e. The Kier molecular flexibility index (Phi) is 3.49. The number of benzene rings is 1. The highest BCUT2D eigenvalue weighted by molar-refractivity contribution is 6.30. The fourth-order valence-corrected chi connectivity index (χ4v) is 1.84. The summed E-state index contributed by atoms with van der Waals surface area (Å²) in [6.45, 7) is 0.483. The van der Waals surface area contributed by atoms with Crippen LogP contribution in [-0.2, 0) is 6.54 Å². The first-order valence-corrected chi connectivity index (χ1v) is 5.56. The average molecular weight is 250 g/mol. The third-order valence-corrected chi connectivity index (χ3v) is 2.68. The second-order valence-electron chi connectivity index (χ2n) is 3.64. The number of rotatable bonds is 3. The zero-order valence-electron chi connectivity index (χ0n) is 9.39. The molecule has 1 aromatic carbocycles. The molecule has 0 aliphatic rings. The molecular weight excluding hydrogens is 238 g/mol. The van der Waals surface area contributed by atoms with Crippen LogP contribution in [0.15, 0.2) is 47.4 Å². The largest absolute Gasteiger partial charge is 0.491 e. The van der Waals surface area contributed by atoms with Crippen molar-refractivity contribution in [2.24, 2.45) is 0 Å². The lowest BCUT2D eigenvalue weighted by atomic mass is 10.2. The molecule has 0 aliphatic heterocycles. The Labute approximate surface area is 104 Å². The lowest BCUT2D eigenvalue weighted by molar-refractivity contribution is 0.403. The van der Waals surface area contributed by atoms with E-state index < -0.39 is 0 Å². The summed E-state index contributed by atoms with van der Waals surface area (Å²) in [7, 11) is 1.49. The van der Waals surface area contributed by atoms with Gasteiger partial charge in [0.2, 0.25) is 0 Å². The minimum Gasteiger partial charge on any atom is -0.491 e. The number of aromatic nitrogens is 1. The van der Waals surface area contributed by atoms with E-state index >= 15 is 0 Å². The molecule has 3 nitrogen and oxygen atoms in total. The number of nitrogens with zero attached hydrogens (tertiary/aromatic N) is 1. The molecule has 0 aliphatic carbocycles. The summed E-state index contributed by atoms with van der Waals surface area (Å²) in [5, 5.41) is 0.665. The van der Waals surface area contributed by atoms with Crippen molar-refractivity contribution in [1.29, 1.82) is 0 Å². The van der Waals surface area contributed by atoms with Gasteiger partial charge in [-0.05, 0) is 29.8 Å². The van der Waals surface area contributed by atoms with Crippen LogP contribution in [0.25, 0.3) is 0 Å². The fraction of sp³-hybridized carbons (Fsp3) is 0.154. The average Bonchev–Trinajstić information content (AvgIpc) is 2.32. The van der Waals surface area contributed by atoms with Crippen LogP contribution in [0.5, 0.6) is 5.75 Å². The minimum atomic E-state index is -0.144. The number of halogens is 1. The Morgan fingerprint density at radius 2 is 2.12 bits per heavy atom. The monoisotopic (exact) mass is 249 g/mol. The van der Waals surface area contributed by atoms with Gasteiger partial charge in [-0.3, -0.25) is 4.79 Å². The second kappa shape index (κ2) is 5.06. The minimum absolute atomic E-state index is 0.144. The lowest BCUT2D eigenvalue weighted by Gasteiger charge is -2.07. The van der Waals surface area contributed by atoms with Crippen LogP contribution in [0.3, 0.4) is 0 Å². The maximum absolute atomic E-state index is 11.9. The molecule has 4 heteroatoms. The Morgan fingerprint density at radius 1 is 1.29 bits per heavy atom. The predicted octanol–water partition coefficient (Wildman–Crippen LogP) is 2.56. The molecule has 0 saturated heterocycles. The SMILES string of the molecule is COc1cccn(Cc2cccc(Cl)c2)c1=O. The van der Waals surface area contributed by atoms with Crippen LogP contribution >= 0.6 is 11.6 Å². The van der Waals surface area contributed by atoms with Crippen molar-refractivity contribution in [3.63, 3.8) is 0 Å². The summed E-state index contributed by atoms with van der Waals surface area (Å²) in [6.07, 6.45) is 1.73. The van der Waals surface area contributed by atoms with Crippen LogP contribution in [0.1, 0.15) is 5.56 Å². The van der Waals surface area contributed by atoms with Gasteiger partial charge < -0.3 is 9.30 Å². The fourth-order valence-electron chi connectivity index (χ4n) is 1.63. The van der Waals surface area contributed by atoms with Crippen molar-refractivity contribution in [3.05, 3.63) is 63.5 Å².